The Kier molecular flexibility index (Phi) is 3.36. The van der Waals surface area contributed by atoms with Gasteiger partial charge in [-0.3, -0.25) is 0 Å². The van der Waals surface area contributed by atoms with Crippen molar-refractivity contribution in [3.8, 4) is 0 Å². The third-order valence-electron chi connectivity index (χ3n) is 2.88. The van der Waals surface area contributed by atoms with Gasteiger partial charge in [0.15, 0.2) is 9.84 Å². The first-order chi connectivity index (χ1) is 8.79. The van der Waals surface area contributed by atoms with Crippen molar-refractivity contribution in [2.75, 3.05) is 0 Å². The minimum absolute atomic E-state index is 0.111. The van der Waals surface area contributed by atoms with E-state index in [-0.39, 0.29) is 11.3 Å². The summed E-state index contributed by atoms with van der Waals surface area (Å²) in [5, 5.41) is 9.09. The highest BCUT2D eigenvalue weighted by Crippen LogP contribution is 2.23. The largest absolute Gasteiger partial charge is 0.478 e. The van der Waals surface area contributed by atoms with Crippen molar-refractivity contribution in [1.29, 1.82) is 0 Å². The molecule has 0 radical (unpaired) electrons. The lowest BCUT2D eigenvalue weighted by Gasteiger charge is -2.04. The number of rotatable bonds is 4. The van der Waals surface area contributed by atoms with Crippen LogP contribution in [0.4, 0.5) is 0 Å². The molecule has 1 heterocycles. The van der Waals surface area contributed by atoms with Gasteiger partial charge >= 0.3 is 5.97 Å². The smallest absolute Gasteiger partial charge is 0.335 e. The fraction of sp³-hybridized carbons (Fsp3) is 0.308. The van der Waals surface area contributed by atoms with Crippen LogP contribution in [0.3, 0.4) is 0 Å². The van der Waals surface area contributed by atoms with Gasteiger partial charge in [-0.15, -0.1) is 0 Å². The first-order valence-corrected chi connectivity index (χ1v) is 7.48. The van der Waals surface area contributed by atoms with Crippen LogP contribution in [0, 0.1) is 0 Å². The van der Waals surface area contributed by atoms with E-state index in [1.165, 1.54) is 12.1 Å². The first-order valence-electron chi connectivity index (χ1n) is 5.77. The molecule has 1 N–H and O–H groups in total. The number of carboxylic acid groups (broad SMARTS) is 1. The molecule has 0 aliphatic heterocycles. The summed E-state index contributed by atoms with van der Waals surface area (Å²) >= 11 is 0. The van der Waals surface area contributed by atoms with Gasteiger partial charge in [-0.25, -0.2) is 13.2 Å². The maximum atomic E-state index is 11.8. The molecule has 0 aliphatic carbocycles. The number of sulfone groups is 1. The molecule has 0 spiro atoms. The van der Waals surface area contributed by atoms with Gasteiger partial charge in [0, 0.05) is 5.39 Å². The molecule has 1 aromatic heterocycles. The summed E-state index contributed by atoms with van der Waals surface area (Å²) in [6.45, 7) is 3.22. The van der Waals surface area contributed by atoms with Crippen molar-refractivity contribution in [3.63, 3.8) is 0 Å². The summed E-state index contributed by atoms with van der Waals surface area (Å²) in [5.41, 5.74) is 0.494. The third kappa shape index (κ3) is 2.78. The zero-order valence-electron chi connectivity index (χ0n) is 10.6. The molecule has 1 aromatic carbocycles. The van der Waals surface area contributed by atoms with Crippen molar-refractivity contribution in [2.24, 2.45) is 0 Å². The molecule has 0 bridgehead atoms. The van der Waals surface area contributed by atoms with Crippen molar-refractivity contribution in [2.45, 2.75) is 24.9 Å². The van der Waals surface area contributed by atoms with Crippen molar-refractivity contribution in [3.05, 3.63) is 35.6 Å². The summed E-state index contributed by atoms with van der Waals surface area (Å²) in [5.74, 6) is -0.900. The minimum atomic E-state index is -3.24. The highest BCUT2D eigenvalue weighted by atomic mass is 32.2. The van der Waals surface area contributed by atoms with E-state index in [0.717, 1.165) is 0 Å². The van der Waals surface area contributed by atoms with Gasteiger partial charge in [-0.1, -0.05) is 6.07 Å². The molecule has 0 saturated carbocycles. The second-order valence-corrected chi connectivity index (χ2v) is 7.18. The first kappa shape index (κ1) is 13.6. The second-order valence-electron chi connectivity index (χ2n) is 4.63. The monoisotopic (exact) mass is 282 g/mol. The summed E-state index contributed by atoms with van der Waals surface area (Å²) in [4.78, 5) is 10.8. The standard InChI is InChI=1S/C13H14O5S/c1-8(2)19(16,17)7-11-5-9-3-4-10(13(14)15)6-12(9)18-11/h3-6,8H,7H2,1-2H3,(H,14,15). The SMILES string of the molecule is CC(C)S(=O)(=O)Cc1cc2ccc(C(=O)O)cc2o1. The number of carbonyl (C=O) groups is 1. The Balaban J connectivity index is 2.40. The Morgan fingerprint density at radius 3 is 2.58 bits per heavy atom. The molecule has 0 unspecified atom stereocenters. The van der Waals surface area contributed by atoms with Crippen LogP contribution in [-0.2, 0) is 15.6 Å². The molecule has 0 saturated heterocycles. The normalized spacial score (nSPS) is 12.2. The predicted octanol–water partition coefficient (Wildman–Crippen LogP) is 2.45. The molecule has 5 nitrogen and oxygen atoms in total. The van der Waals surface area contributed by atoms with Crippen LogP contribution in [0.2, 0.25) is 0 Å². The Morgan fingerprint density at radius 2 is 2.00 bits per heavy atom. The van der Waals surface area contributed by atoms with Gasteiger partial charge in [0.2, 0.25) is 0 Å². The van der Waals surface area contributed by atoms with Crippen LogP contribution in [0.5, 0.6) is 0 Å². The Labute approximate surface area is 110 Å². The minimum Gasteiger partial charge on any atom is -0.478 e. The van der Waals surface area contributed by atoms with Crippen LogP contribution < -0.4 is 0 Å². The summed E-state index contributed by atoms with van der Waals surface area (Å²) in [7, 11) is -3.24. The molecule has 2 aromatic rings. The number of furan rings is 1. The zero-order valence-corrected chi connectivity index (χ0v) is 11.4. The Morgan fingerprint density at radius 1 is 1.32 bits per heavy atom. The quantitative estimate of drug-likeness (QED) is 0.931. The van der Waals surface area contributed by atoms with Crippen LogP contribution in [0.1, 0.15) is 30.0 Å². The fourth-order valence-electron chi connectivity index (χ4n) is 1.66. The molecule has 0 aliphatic rings. The van der Waals surface area contributed by atoms with E-state index in [9.17, 15) is 13.2 Å². The zero-order chi connectivity index (χ0) is 14.2. The van der Waals surface area contributed by atoms with Gasteiger partial charge in [0.1, 0.15) is 17.1 Å². The lowest BCUT2D eigenvalue weighted by molar-refractivity contribution is 0.0697. The van der Waals surface area contributed by atoms with E-state index in [1.807, 2.05) is 0 Å². The molecule has 0 atom stereocenters. The topological polar surface area (TPSA) is 84.6 Å². The van der Waals surface area contributed by atoms with Crippen molar-refractivity contribution < 1.29 is 22.7 Å². The van der Waals surface area contributed by atoms with E-state index < -0.39 is 21.1 Å². The molecule has 2 rings (SSSR count). The summed E-state index contributed by atoms with van der Waals surface area (Å²) in [6.07, 6.45) is 0. The van der Waals surface area contributed by atoms with Crippen LogP contribution in [0.15, 0.2) is 28.7 Å². The van der Waals surface area contributed by atoms with Crippen molar-refractivity contribution in [1.82, 2.24) is 0 Å². The highest BCUT2D eigenvalue weighted by Gasteiger charge is 2.19. The molecule has 0 amide bonds. The number of carboxylic acids is 1. The maximum Gasteiger partial charge on any atom is 0.335 e. The average molecular weight is 282 g/mol. The lowest BCUT2D eigenvalue weighted by atomic mass is 10.2. The van der Waals surface area contributed by atoms with E-state index in [1.54, 1.807) is 26.0 Å². The second kappa shape index (κ2) is 4.70. The van der Waals surface area contributed by atoms with Crippen LogP contribution in [0.25, 0.3) is 11.0 Å². The van der Waals surface area contributed by atoms with E-state index in [2.05, 4.69) is 0 Å². The van der Waals surface area contributed by atoms with Crippen molar-refractivity contribution >= 4 is 26.8 Å². The number of hydrogen-bond donors (Lipinski definition) is 1. The molecule has 102 valence electrons. The number of aromatic carboxylic acids is 1. The van der Waals surface area contributed by atoms with Gasteiger partial charge in [0.05, 0.1) is 10.8 Å². The lowest BCUT2D eigenvalue weighted by Crippen LogP contribution is -2.15. The number of benzene rings is 1. The predicted molar refractivity (Wildman–Crippen MR) is 70.9 cm³/mol. The highest BCUT2D eigenvalue weighted by molar-refractivity contribution is 7.91. The van der Waals surface area contributed by atoms with Crippen LogP contribution >= 0.6 is 0 Å². The number of hydrogen-bond acceptors (Lipinski definition) is 4. The third-order valence-corrected chi connectivity index (χ3v) is 5.00. The van der Waals surface area contributed by atoms with Gasteiger partial charge in [-0.05, 0) is 32.0 Å². The van der Waals surface area contributed by atoms with E-state index in [0.29, 0.717) is 16.7 Å². The molecular formula is C13H14O5S. The fourth-order valence-corrected chi connectivity index (χ4v) is 2.53. The Hall–Kier alpha value is -1.82. The number of fused-ring (bicyclic) bond motifs is 1. The summed E-state index contributed by atoms with van der Waals surface area (Å²) < 4.78 is 29.0. The van der Waals surface area contributed by atoms with Gasteiger partial charge < -0.3 is 9.52 Å². The van der Waals surface area contributed by atoms with Gasteiger partial charge in [0.25, 0.3) is 0 Å². The Bertz CT molecular complexity index is 725. The maximum absolute atomic E-state index is 11.8. The van der Waals surface area contributed by atoms with E-state index >= 15 is 0 Å². The summed E-state index contributed by atoms with van der Waals surface area (Å²) in [6, 6.07) is 6.08. The molecule has 19 heavy (non-hydrogen) atoms. The van der Waals surface area contributed by atoms with E-state index in [4.69, 9.17) is 9.52 Å². The molecule has 0 fully saturated rings. The average Bonchev–Trinajstić information content (AvgIpc) is 2.68. The van der Waals surface area contributed by atoms with Gasteiger partial charge in [-0.2, -0.15) is 0 Å². The van der Waals surface area contributed by atoms with Crippen LogP contribution in [-0.4, -0.2) is 24.7 Å². The molecule has 6 heteroatoms. The molecular weight excluding hydrogens is 268 g/mol.